The van der Waals surface area contributed by atoms with Gasteiger partial charge in [-0.15, -0.1) is 0 Å². The molecular weight excluding hydrogens is 923 g/mol. The van der Waals surface area contributed by atoms with Crippen molar-refractivity contribution in [2.75, 3.05) is 66.7 Å². The first kappa shape index (κ1) is 71.5. The van der Waals surface area contributed by atoms with Crippen molar-refractivity contribution in [2.24, 2.45) is 11.8 Å². The number of esters is 2. The topological polar surface area (TPSA) is 114 Å². The van der Waals surface area contributed by atoms with Gasteiger partial charge in [0.05, 0.1) is 38.3 Å². The number of likely N-dealkylation sites (N-methyl/N-ethyl adjacent to an activating group) is 1. The molecule has 0 aromatic rings. The third kappa shape index (κ3) is 49.1. The predicted octanol–water partition coefficient (Wildman–Crippen LogP) is 16.8. The molecule has 2 atom stereocenters. The smallest absolute Gasteiger partial charge is 0.308 e. The maximum absolute atomic E-state index is 13.6. The van der Waals surface area contributed by atoms with Crippen molar-refractivity contribution < 1.29 is 33.4 Å². The van der Waals surface area contributed by atoms with Gasteiger partial charge in [-0.3, -0.25) is 19.2 Å². The number of hydrogen-bond acceptors (Lipinski definition) is 8. The zero-order valence-corrected chi connectivity index (χ0v) is 49.9. The summed E-state index contributed by atoms with van der Waals surface area (Å²) in [5, 5.41) is 2.80. The van der Waals surface area contributed by atoms with Crippen molar-refractivity contribution in [1.29, 1.82) is 0 Å². The third-order valence-corrected chi connectivity index (χ3v) is 14.8. The molecule has 0 aliphatic carbocycles. The van der Waals surface area contributed by atoms with E-state index in [9.17, 15) is 19.2 Å². The Morgan fingerprint density at radius 1 is 0.378 bits per heavy atom. The average Bonchev–Trinajstić information content (AvgIpc) is 3.39. The minimum Gasteiger partial charge on any atom is -0.465 e. The second-order valence-corrected chi connectivity index (χ2v) is 22.3. The molecular formula is C64H123N3O7. The molecule has 0 heterocycles. The lowest BCUT2D eigenvalue weighted by Crippen LogP contribution is -2.34. The zero-order valence-electron chi connectivity index (χ0n) is 49.9. The van der Waals surface area contributed by atoms with Crippen LogP contribution in [0.25, 0.3) is 0 Å². The minimum atomic E-state index is -0.354. The van der Waals surface area contributed by atoms with Gasteiger partial charge in [0, 0.05) is 38.3 Å². The number of carbonyl (C=O) groups is 4. The van der Waals surface area contributed by atoms with Crippen molar-refractivity contribution >= 4 is 23.8 Å². The van der Waals surface area contributed by atoms with Gasteiger partial charge < -0.3 is 29.3 Å². The van der Waals surface area contributed by atoms with Crippen molar-refractivity contribution in [1.82, 2.24) is 15.1 Å². The minimum absolute atomic E-state index is 0.0825. The average molecular weight is 1050 g/mol. The van der Waals surface area contributed by atoms with Crippen LogP contribution in [-0.4, -0.2) is 100 Å². The lowest BCUT2D eigenvalue weighted by atomic mass is 9.94. The standard InChI is InChI=1S/C64H123N3O7/c1-7-11-15-19-23-27-29-33-37-41-47-59(45-39-35-31-25-21-17-13-9-3)63(70)73-55-43-52-67(62(69)50-49-61(68)65-51-57-72-58-54-66(5)6)53-44-56-74-64(71)60(46-40-36-32-26-22-18-14-10-4)48-42-38-34-30-28-24-20-16-12-8-2/h49-50,59-60H,7-48,51-58H2,1-6H3,(H,65,68). The number of nitrogens with one attached hydrogen (secondary N) is 1. The summed E-state index contributed by atoms with van der Waals surface area (Å²) in [5.41, 5.74) is 0. The van der Waals surface area contributed by atoms with Crippen molar-refractivity contribution in [2.45, 2.75) is 297 Å². The van der Waals surface area contributed by atoms with E-state index in [1.807, 2.05) is 19.0 Å². The SMILES string of the molecule is CCCCCCCCCCCCC(CCCCCCCCCC)C(=O)OCCCN(CCCOC(=O)C(CCCCCCCCCC)CCCCCCCCCCCC)C(=O)C=CC(=O)NCCOCCN(C)C. The van der Waals surface area contributed by atoms with Crippen LogP contribution in [0.4, 0.5) is 0 Å². The first-order valence-electron chi connectivity index (χ1n) is 32.0. The maximum atomic E-state index is 13.6. The van der Waals surface area contributed by atoms with E-state index in [1.165, 1.54) is 192 Å². The van der Waals surface area contributed by atoms with Gasteiger partial charge in [0.1, 0.15) is 0 Å². The normalized spacial score (nSPS) is 12.4. The zero-order chi connectivity index (χ0) is 54.2. The van der Waals surface area contributed by atoms with E-state index in [1.54, 1.807) is 4.90 Å². The molecule has 1 N–H and O–H groups in total. The number of unbranched alkanes of at least 4 members (excludes halogenated alkanes) is 32. The monoisotopic (exact) mass is 1050 g/mol. The Kier molecular flexibility index (Phi) is 54.8. The highest BCUT2D eigenvalue weighted by atomic mass is 16.5. The molecule has 2 amide bonds. The van der Waals surface area contributed by atoms with Gasteiger partial charge in [-0.1, -0.05) is 259 Å². The molecule has 0 aliphatic heterocycles. The van der Waals surface area contributed by atoms with Gasteiger partial charge in [-0.2, -0.15) is 0 Å². The lowest BCUT2D eigenvalue weighted by Gasteiger charge is -2.22. The molecule has 0 aromatic heterocycles. The fourth-order valence-corrected chi connectivity index (χ4v) is 9.90. The molecule has 436 valence electrons. The van der Waals surface area contributed by atoms with Gasteiger partial charge in [0.25, 0.3) is 0 Å². The van der Waals surface area contributed by atoms with Gasteiger partial charge in [0.2, 0.25) is 11.8 Å². The van der Waals surface area contributed by atoms with Crippen LogP contribution in [0.2, 0.25) is 0 Å². The number of carbonyl (C=O) groups excluding carboxylic acids is 4. The van der Waals surface area contributed by atoms with Gasteiger partial charge in [-0.05, 0) is 52.6 Å². The fourth-order valence-electron chi connectivity index (χ4n) is 9.90. The Morgan fingerprint density at radius 3 is 1.00 bits per heavy atom. The first-order valence-corrected chi connectivity index (χ1v) is 32.0. The predicted molar refractivity (Wildman–Crippen MR) is 314 cm³/mol. The van der Waals surface area contributed by atoms with Crippen molar-refractivity contribution in [3.63, 3.8) is 0 Å². The van der Waals surface area contributed by atoms with E-state index in [4.69, 9.17) is 14.2 Å². The maximum Gasteiger partial charge on any atom is 0.308 e. The highest BCUT2D eigenvalue weighted by Crippen LogP contribution is 2.23. The summed E-state index contributed by atoms with van der Waals surface area (Å²) in [6.45, 7) is 12.4. The molecule has 0 saturated carbocycles. The molecule has 0 aromatic carbocycles. The van der Waals surface area contributed by atoms with E-state index >= 15 is 0 Å². The number of rotatable bonds is 58. The molecule has 0 spiro atoms. The van der Waals surface area contributed by atoms with E-state index in [2.05, 4.69) is 33.0 Å². The van der Waals surface area contributed by atoms with Crippen LogP contribution in [-0.2, 0) is 33.4 Å². The molecule has 74 heavy (non-hydrogen) atoms. The van der Waals surface area contributed by atoms with E-state index in [0.29, 0.717) is 45.7 Å². The highest BCUT2D eigenvalue weighted by Gasteiger charge is 2.22. The molecule has 0 rings (SSSR count). The summed E-state index contributed by atoms with van der Waals surface area (Å²) in [4.78, 5) is 57.3. The Hall–Kier alpha value is -2.46. The summed E-state index contributed by atoms with van der Waals surface area (Å²) in [6.07, 6.45) is 52.4. The molecule has 0 fully saturated rings. The largest absolute Gasteiger partial charge is 0.465 e. The number of ether oxygens (including phenoxy) is 3. The molecule has 2 unspecified atom stereocenters. The highest BCUT2D eigenvalue weighted by molar-refractivity contribution is 5.96. The fraction of sp³-hybridized carbons (Fsp3) is 0.906. The number of nitrogens with zero attached hydrogens (tertiary/aromatic N) is 2. The van der Waals surface area contributed by atoms with Crippen molar-refractivity contribution in [3.8, 4) is 0 Å². The van der Waals surface area contributed by atoms with Crippen LogP contribution >= 0.6 is 0 Å². The molecule has 0 saturated heterocycles. The van der Waals surface area contributed by atoms with Crippen LogP contribution in [0.15, 0.2) is 12.2 Å². The van der Waals surface area contributed by atoms with Crippen LogP contribution in [0, 0.1) is 11.8 Å². The second-order valence-electron chi connectivity index (χ2n) is 22.3. The molecule has 0 radical (unpaired) electrons. The second kappa shape index (κ2) is 56.7. The molecule has 0 aliphatic rings. The molecule has 10 heteroatoms. The lowest BCUT2D eigenvalue weighted by molar-refractivity contribution is -0.150. The third-order valence-electron chi connectivity index (χ3n) is 14.8. The first-order chi connectivity index (χ1) is 36.2. The van der Waals surface area contributed by atoms with E-state index in [-0.39, 0.29) is 48.8 Å². The van der Waals surface area contributed by atoms with Gasteiger partial charge in [0.15, 0.2) is 0 Å². The van der Waals surface area contributed by atoms with Crippen LogP contribution in [0.1, 0.15) is 297 Å². The van der Waals surface area contributed by atoms with Crippen LogP contribution < -0.4 is 5.32 Å². The van der Waals surface area contributed by atoms with Crippen LogP contribution in [0.3, 0.4) is 0 Å². The Balaban J connectivity index is 5.52. The molecule has 10 nitrogen and oxygen atoms in total. The number of hydrogen-bond donors (Lipinski definition) is 1. The summed E-state index contributed by atoms with van der Waals surface area (Å²) < 4.78 is 17.5. The Morgan fingerprint density at radius 2 is 0.689 bits per heavy atom. The summed E-state index contributed by atoms with van der Waals surface area (Å²) in [7, 11) is 3.97. The Bertz CT molecular complexity index is 1210. The summed E-state index contributed by atoms with van der Waals surface area (Å²) in [5.74, 6) is -1.01. The van der Waals surface area contributed by atoms with E-state index < -0.39 is 0 Å². The van der Waals surface area contributed by atoms with Gasteiger partial charge >= 0.3 is 11.9 Å². The summed E-state index contributed by atoms with van der Waals surface area (Å²) >= 11 is 0. The quantitative estimate of drug-likeness (QED) is 0.0364. The Labute approximate surface area is 458 Å². The molecule has 0 bridgehead atoms. The van der Waals surface area contributed by atoms with Crippen molar-refractivity contribution in [3.05, 3.63) is 12.2 Å². The van der Waals surface area contributed by atoms with Gasteiger partial charge in [-0.25, -0.2) is 0 Å². The van der Waals surface area contributed by atoms with E-state index in [0.717, 1.165) is 83.6 Å². The van der Waals surface area contributed by atoms with Crippen LogP contribution in [0.5, 0.6) is 0 Å². The summed E-state index contributed by atoms with van der Waals surface area (Å²) in [6, 6.07) is 0. The number of amides is 2.